The first-order valence-electron chi connectivity index (χ1n) is 13.5. The summed E-state index contributed by atoms with van der Waals surface area (Å²) >= 11 is 6.73. The molecule has 0 bridgehead atoms. The van der Waals surface area contributed by atoms with E-state index in [4.69, 9.17) is 17.0 Å². The molecule has 11 heteroatoms. The molecule has 2 aromatic rings. The van der Waals surface area contributed by atoms with E-state index in [0.29, 0.717) is 84.2 Å². The van der Waals surface area contributed by atoms with Crippen molar-refractivity contribution in [2.24, 2.45) is 0 Å². The second kappa shape index (κ2) is 13.4. The minimum Gasteiger partial charge on any atom is -0.385 e. The molecule has 0 aliphatic carbocycles. The summed E-state index contributed by atoms with van der Waals surface area (Å²) in [6.07, 6.45) is 4.08. The highest BCUT2D eigenvalue weighted by Crippen LogP contribution is 2.36. The number of rotatable bonds is 10. The molecule has 0 atom stereocenters. The normalized spacial score (nSPS) is 16.8. The molecular formula is C29H34FN5O3S2. The van der Waals surface area contributed by atoms with E-state index in [1.807, 2.05) is 17.9 Å². The number of anilines is 2. The van der Waals surface area contributed by atoms with Gasteiger partial charge in [0.1, 0.15) is 27.6 Å². The summed E-state index contributed by atoms with van der Waals surface area (Å²) in [6, 6.07) is 8.82. The zero-order valence-corrected chi connectivity index (χ0v) is 24.7. The van der Waals surface area contributed by atoms with Crippen LogP contribution in [-0.4, -0.2) is 66.1 Å². The second-order valence-corrected chi connectivity index (χ2v) is 11.4. The number of methoxy groups -OCH3 is 1. The molecule has 0 saturated carbocycles. The molecule has 0 radical (unpaired) electrons. The average molecular weight is 584 g/mol. The Kier molecular flexibility index (Phi) is 10.0. The molecule has 2 fully saturated rings. The number of nitrogens with zero attached hydrogens (tertiary/aromatic N) is 5. The van der Waals surface area contributed by atoms with Gasteiger partial charge in [0.25, 0.3) is 11.5 Å². The second-order valence-electron chi connectivity index (χ2n) is 9.76. The molecule has 212 valence electrons. The van der Waals surface area contributed by atoms with Gasteiger partial charge in [-0.1, -0.05) is 49.5 Å². The van der Waals surface area contributed by atoms with Gasteiger partial charge in [0, 0.05) is 58.5 Å². The molecule has 1 aromatic carbocycles. The summed E-state index contributed by atoms with van der Waals surface area (Å²) in [7, 11) is 1.62. The van der Waals surface area contributed by atoms with Gasteiger partial charge < -0.3 is 14.5 Å². The number of benzene rings is 1. The van der Waals surface area contributed by atoms with Crippen molar-refractivity contribution in [2.75, 3.05) is 56.2 Å². The van der Waals surface area contributed by atoms with E-state index in [2.05, 4.69) is 11.0 Å². The Morgan fingerprint density at radius 2 is 1.82 bits per heavy atom. The number of unbranched alkanes of at least 4 members (excludes halogenated alkanes) is 1. The average Bonchev–Trinajstić information content (AvgIpc) is 3.22. The Morgan fingerprint density at radius 1 is 1.12 bits per heavy atom. The smallest absolute Gasteiger partial charge is 0.270 e. The fourth-order valence-corrected chi connectivity index (χ4v) is 6.36. The van der Waals surface area contributed by atoms with Crippen LogP contribution in [0.25, 0.3) is 6.08 Å². The zero-order valence-electron chi connectivity index (χ0n) is 23.1. The van der Waals surface area contributed by atoms with Gasteiger partial charge in [0.05, 0.1) is 10.6 Å². The molecule has 0 unspecified atom stereocenters. The number of halogens is 1. The molecule has 2 saturated heterocycles. The lowest BCUT2D eigenvalue weighted by molar-refractivity contribution is -0.122. The molecule has 4 rings (SSSR count). The summed E-state index contributed by atoms with van der Waals surface area (Å²) in [4.78, 5) is 33.0. The van der Waals surface area contributed by atoms with Crippen LogP contribution in [0.3, 0.4) is 0 Å². The Morgan fingerprint density at radius 3 is 2.48 bits per heavy atom. The van der Waals surface area contributed by atoms with Crippen LogP contribution in [0.2, 0.25) is 0 Å². The number of carbonyl (C=O) groups is 1. The van der Waals surface area contributed by atoms with Crippen molar-refractivity contribution in [3.05, 3.63) is 62.0 Å². The Bertz CT molecular complexity index is 1410. The first-order valence-corrected chi connectivity index (χ1v) is 14.7. The highest BCUT2D eigenvalue weighted by molar-refractivity contribution is 8.26. The highest BCUT2D eigenvalue weighted by atomic mass is 32.2. The van der Waals surface area contributed by atoms with Gasteiger partial charge in [-0.25, -0.2) is 4.39 Å². The van der Waals surface area contributed by atoms with E-state index < -0.39 is 0 Å². The molecular weight excluding hydrogens is 549 g/mol. The molecule has 2 aliphatic rings. The van der Waals surface area contributed by atoms with Gasteiger partial charge >= 0.3 is 0 Å². The van der Waals surface area contributed by atoms with Crippen molar-refractivity contribution in [3.63, 3.8) is 0 Å². The predicted octanol–water partition coefficient (Wildman–Crippen LogP) is 4.53. The van der Waals surface area contributed by atoms with Crippen LogP contribution in [0.4, 0.5) is 15.9 Å². The van der Waals surface area contributed by atoms with E-state index in [9.17, 15) is 19.2 Å². The lowest BCUT2D eigenvalue weighted by Crippen LogP contribution is -2.49. The Hall–Kier alpha value is -3.20. The summed E-state index contributed by atoms with van der Waals surface area (Å²) in [5.41, 5.74) is 1.51. The van der Waals surface area contributed by atoms with Crippen LogP contribution in [0, 0.1) is 24.1 Å². The number of carbonyl (C=O) groups excluding carboxylic acids is 1. The van der Waals surface area contributed by atoms with E-state index >= 15 is 0 Å². The van der Waals surface area contributed by atoms with E-state index in [0.717, 1.165) is 12.8 Å². The molecule has 3 heterocycles. The summed E-state index contributed by atoms with van der Waals surface area (Å²) < 4.78 is 21.8. The predicted molar refractivity (Wildman–Crippen MR) is 162 cm³/mol. The fourth-order valence-electron chi connectivity index (χ4n) is 5.07. The molecule has 0 spiro atoms. The van der Waals surface area contributed by atoms with Crippen molar-refractivity contribution >= 4 is 51.8 Å². The number of aromatic nitrogens is 1. The van der Waals surface area contributed by atoms with Gasteiger partial charge in [-0.15, -0.1) is 0 Å². The number of hydrogen-bond donors (Lipinski definition) is 0. The number of ether oxygens (including phenoxy) is 1. The standard InChI is InChI=1S/C29H34FN5O3S2/c1-4-5-11-34-26(33-15-13-32(14-16-33)24-10-7-6-9-23(24)30)21(20(2)22(19-31)27(34)36)18-25-28(37)35(29(39)40-25)12-8-17-38-3/h6-7,9-10,18H,4-5,8,11-17H2,1-3H3/b25-18-. The summed E-state index contributed by atoms with van der Waals surface area (Å²) in [5, 5.41) is 9.93. The van der Waals surface area contributed by atoms with Crippen molar-refractivity contribution in [1.82, 2.24) is 9.47 Å². The maximum Gasteiger partial charge on any atom is 0.270 e. The topological polar surface area (TPSA) is 81.8 Å². The highest BCUT2D eigenvalue weighted by Gasteiger charge is 2.33. The third-order valence-corrected chi connectivity index (χ3v) is 8.61. The van der Waals surface area contributed by atoms with E-state index in [1.165, 1.54) is 17.8 Å². The molecule has 2 aliphatic heterocycles. The largest absolute Gasteiger partial charge is 0.385 e. The molecule has 1 aromatic heterocycles. The number of para-hydroxylation sites is 1. The van der Waals surface area contributed by atoms with Gasteiger partial charge in [-0.05, 0) is 43.5 Å². The maximum atomic E-state index is 14.5. The first-order chi connectivity index (χ1) is 19.3. The third-order valence-electron chi connectivity index (χ3n) is 7.23. The number of thioether (sulfide) groups is 1. The van der Waals surface area contributed by atoms with Gasteiger partial charge in [-0.2, -0.15) is 5.26 Å². The molecule has 0 N–H and O–H groups in total. The van der Waals surface area contributed by atoms with E-state index in [-0.39, 0.29) is 22.8 Å². The zero-order chi connectivity index (χ0) is 28.8. The fraction of sp³-hybridized carbons (Fsp3) is 0.448. The van der Waals surface area contributed by atoms with Crippen molar-refractivity contribution in [1.29, 1.82) is 5.26 Å². The lowest BCUT2D eigenvalue weighted by Gasteiger charge is -2.39. The van der Waals surface area contributed by atoms with Crippen LogP contribution >= 0.6 is 24.0 Å². The van der Waals surface area contributed by atoms with Crippen molar-refractivity contribution in [3.8, 4) is 6.07 Å². The monoisotopic (exact) mass is 583 g/mol. The van der Waals surface area contributed by atoms with Crippen LogP contribution < -0.4 is 15.4 Å². The third kappa shape index (κ3) is 6.09. The van der Waals surface area contributed by atoms with Crippen LogP contribution in [0.15, 0.2) is 34.0 Å². The van der Waals surface area contributed by atoms with Crippen LogP contribution in [0.1, 0.15) is 42.9 Å². The summed E-state index contributed by atoms with van der Waals surface area (Å²) in [5.74, 6) is 0.233. The van der Waals surface area contributed by atoms with Crippen molar-refractivity contribution < 1.29 is 13.9 Å². The molecule has 8 nitrogen and oxygen atoms in total. The van der Waals surface area contributed by atoms with Gasteiger partial charge in [-0.3, -0.25) is 19.1 Å². The Labute approximate surface area is 244 Å². The van der Waals surface area contributed by atoms with Crippen LogP contribution in [-0.2, 0) is 16.1 Å². The number of thiocarbonyl (C=S) groups is 1. The van der Waals surface area contributed by atoms with Gasteiger partial charge in [0.15, 0.2) is 0 Å². The van der Waals surface area contributed by atoms with E-state index in [1.54, 1.807) is 41.7 Å². The number of hydrogen-bond acceptors (Lipinski definition) is 8. The number of amides is 1. The number of pyridine rings is 1. The minimum atomic E-state index is -0.329. The molecule has 40 heavy (non-hydrogen) atoms. The summed E-state index contributed by atoms with van der Waals surface area (Å²) in [6.45, 7) is 7.44. The number of piperazine rings is 1. The maximum absolute atomic E-state index is 14.5. The lowest BCUT2D eigenvalue weighted by atomic mass is 10.0. The first kappa shape index (κ1) is 29.8. The van der Waals surface area contributed by atoms with Crippen molar-refractivity contribution in [2.45, 2.75) is 39.7 Å². The minimum absolute atomic E-state index is 0.0756. The van der Waals surface area contributed by atoms with Gasteiger partial charge in [0.2, 0.25) is 0 Å². The number of nitriles is 1. The molecule has 1 amide bonds. The quantitative estimate of drug-likeness (QED) is 0.229. The SMILES string of the molecule is CCCCn1c(N2CCN(c3ccccc3F)CC2)c(/C=C2\SC(=S)N(CCCOC)C2=O)c(C)c(C#N)c1=O. The Balaban J connectivity index is 1.76. The van der Waals surface area contributed by atoms with Crippen LogP contribution in [0.5, 0.6) is 0 Å².